The van der Waals surface area contributed by atoms with Crippen LogP contribution in [0.4, 0.5) is 0 Å². The van der Waals surface area contributed by atoms with Gasteiger partial charge in [-0.3, -0.25) is 4.79 Å². The van der Waals surface area contributed by atoms with Gasteiger partial charge in [0.1, 0.15) is 4.88 Å². The van der Waals surface area contributed by atoms with E-state index in [-0.39, 0.29) is 4.87 Å². The zero-order valence-electron chi connectivity index (χ0n) is 11.4. The molecule has 0 saturated heterocycles. The first-order valence-corrected chi connectivity index (χ1v) is 7.12. The zero-order valence-corrected chi connectivity index (χ0v) is 12.2. The van der Waals surface area contributed by atoms with Gasteiger partial charge >= 0.3 is 10.8 Å². The standard InChI is InChI=1S/C14H16N2O3S/c1-3-19-13(17)12-10(2)16(14(18)20-12)15-9-11-7-5-4-6-8-11/h4-8,15H,3,9H2,1-2H3. The highest BCUT2D eigenvalue weighted by Gasteiger charge is 2.18. The number of carbonyl (C=O) groups is 1. The molecule has 2 aromatic rings. The summed E-state index contributed by atoms with van der Waals surface area (Å²) in [5, 5.41) is 0. The third kappa shape index (κ3) is 3.08. The van der Waals surface area contributed by atoms with Gasteiger partial charge in [0.2, 0.25) is 0 Å². The van der Waals surface area contributed by atoms with Gasteiger partial charge in [-0.2, -0.15) is 0 Å². The van der Waals surface area contributed by atoms with Crippen LogP contribution in [0.25, 0.3) is 0 Å². The van der Waals surface area contributed by atoms with Gasteiger partial charge in [-0.05, 0) is 19.4 Å². The lowest BCUT2D eigenvalue weighted by atomic mass is 10.2. The number of thiazole rings is 1. The van der Waals surface area contributed by atoms with Crippen LogP contribution in [0.2, 0.25) is 0 Å². The number of ether oxygens (including phenoxy) is 1. The second kappa shape index (κ2) is 6.38. The van der Waals surface area contributed by atoms with Gasteiger partial charge in [0.25, 0.3) is 0 Å². The Morgan fingerprint density at radius 3 is 2.70 bits per heavy atom. The summed E-state index contributed by atoms with van der Waals surface area (Å²) in [4.78, 5) is 23.7. The van der Waals surface area contributed by atoms with Crippen molar-refractivity contribution in [3.8, 4) is 0 Å². The highest BCUT2D eigenvalue weighted by atomic mass is 32.1. The Labute approximate surface area is 120 Å². The van der Waals surface area contributed by atoms with E-state index >= 15 is 0 Å². The molecular formula is C14H16N2O3S. The summed E-state index contributed by atoms with van der Waals surface area (Å²) in [6.07, 6.45) is 0. The second-order valence-corrected chi connectivity index (χ2v) is 5.12. The van der Waals surface area contributed by atoms with Crippen LogP contribution in [0.15, 0.2) is 35.1 Å². The van der Waals surface area contributed by atoms with Crippen LogP contribution in [0.5, 0.6) is 0 Å². The van der Waals surface area contributed by atoms with Crippen molar-refractivity contribution in [2.75, 3.05) is 12.0 Å². The topological polar surface area (TPSA) is 60.3 Å². The number of nitrogens with one attached hydrogen (secondary N) is 1. The average Bonchev–Trinajstić information content (AvgIpc) is 2.73. The van der Waals surface area contributed by atoms with Crippen LogP contribution in [-0.4, -0.2) is 17.3 Å². The summed E-state index contributed by atoms with van der Waals surface area (Å²) < 4.78 is 6.32. The molecule has 106 valence electrons. The lowest BCUT2D eigenvalue weighted by Crippen LogP contribution is -2.25. The van der Waals surface area contributed by atoms with Gasteiger partial charge in [0.05, 0.1) is 18.8 Å². The molecule has 6 heteroatoms. The molecule has 0 fully saturated rings. The van der Waals surface area contributed by atoms with Gasteiger partial charge in [-0.25, -0.2) is 9.47 Å². The number of carbonyl (C=O) groups excluding carboxylic acids is 1. The second-order valence-electron chi connectivity index (χ2n) is 4.16. The van der Waals surface area contributed by atoms with Crippen LogP contribution >= 0.6 is 11.3 Å². The predicted octanol–water partition coefficient (Wildman–Crippen LogP) is 2.14. The molecule has 1 N–H and O–H groups in total. The predicted molar refractivity (Wildman–Crippen MR) is 78.8 cm³/mol. The van der Waals surface area contributed by atoms with Gasteiger partial charge in [-0.15, -0.1) is 0 Å². The highest BCUT2D eigenvalue weighted by Crippen LogP contribution is 2.12. The Morgan fingerprint density at radius 2 is 2.05 bits per heavy atom. The van der Waals surface area contributed by atoms with E-state index in [1.165, 1.54) is 4.68 Å². The molecule has 1 heterocycles. The van der Waals surface area contributed by atoms with Crippen molar-refractivity contribution in [2.24, 2.45) is 0 Å². The van der Waals surface area contributed by atoms with Gasteiger partial charge < -0.3 is 10.2 Å². The Morgan fingerprint density at radius 1 is 1.35 bits per heavy atom. The van der Waals surface area contributed by atoms with Gasteiger partial charge in [0.15, 0.2) is 0 Å². The Balaban J connectivity index is 2.17. The average molecular weight is 292 g/mol. The number of esters is 1. The Kier molecular flexibility index (Phi) is 4.57. The van der Waals surface area contributed by atoms with Crippen molar-refractivity contribution < 1.29 is 9.53 Å². The SMILES string of the molecule is CCOC(=O)c1sc(=O)n(NCc2ccccc2)c1C. The van der Waals surface area contributed by atoms with Gasteiger partial charge in [0, 0.05) is 0 Å². The van der Waals surface area contributed by atoms with Crippen molar-refractivity contribution in [2.45, 2.75) is 20.4 Å². The summed E-state index contributed by atoms with van der Waals surface area (Å²) in [6.45, 7) is 4.27. The van der Waals surface area contributed by atoms with E-state index in [2.05, 4.69) is 5.43 Å². The quantitative estimate of drug-likeness (QED) is 0.858. The minimum Gasteiger partial charge on any atom is -0.462 e. The van der Waals surface area contributed by atoms with E-state index in [0.29, 0.717) is 23.7 Å². The lowest BCUT2D eigenvalue weighted by Gasteiger charge is -2.09. The maximum atomic E-state index is 11.9. The summed E-state index contributed by atoms with van der Waals surface area (Å²) in [5.74, 6) is -0.452. The van der Waals surface area contributed by atoms with E-state index in [0.717, 1.165) is 16.9 Å². The number of rotatable bonds is 5. The Bertz CT molecular complexity index is 646. The largest absolute Gasteiger partial charge is 0.462 e. The minimum absolute atomic E-state index is 0.221. The third-order valence-corrected chi connectivity index (χ3v) is 3.80. The molecule has 5 nitrogen and oxygen atoms in total. The molecule has 1 aromatic heterocycles. The van der Waals surface area contributed by atoms with Crippen molar-refractivity contribution >= 4 is 17.3 Å². The number of hydrogen-bond acceptors (Lipinski definition) is 5. The van der Waals surface area contributed by atoms with E-state index in [4.69, 9.17) is 4.74 Å². The maximum Gasteiger partial charge on any atom is 0.350 e. The van der Waals surface area contributed by atoms with Crippen LogP contribution < -0.4 is 10.3 Å². The Hall–Kier alpha value is -2.08. The fraction of sp³-hybridized carbons (Fsp3) is 0.286. The molecule has 20 heavy (non-hydrogen) atoms. The fourth-order valence-electron chi connectivity index (χ4n) is 1.78. The molecule has 0 aliphatic rings. The normalized spacial score (nSPS) is 10.3. The van der Waals surface area contributed by atoms with Crippen LogP contribution in [0, 0.1) is 6.92 Å². The molecule has 0 aliphatic carbocycles. The molecular weight excluding hydrogens is 276 g/mol. The maximum absolute atomic E-state index is 11.9. The summed E-state index contributed by atoms with van der Waals surface area (Å²) in [6, 6.07) is 9.73. The fourth-order valence-corrected chi connectivity index (χ4v) is 2.63. The zero-order chi connectivity index (χ0) is 14.5. The molecule has 0 aliphatic heterocycles. The first kappa shape index (κ1) is 14.3. The van der Waals surface area contributed by atoms with Crippen molar-refractivity contribution in [1.82, 2.24) is 4.68 Å². The molecule has 0 spiro atoms. The number of nitrogens with zero attached hydrogens (tertiary/aromatic N) is 1. The summed E-state index contributed by atoms with van der Waals surface area (Å²) in [5.41, 5.74) is 4.66. The minimum atomic E-state index is -0.452. The lowest BCUT2D eigenvalue weighted by molar-refractivity contribution is 0.0530. The molecule has 0 bridgehead atoms. The molecule has 0 unspecified atom stereocenters. The number of hydrogen-bond donors (Lipinski definition) is 1. The monoisotopic (exact) mass is 292 g/mol. The first-order chi connectivity index (χ1) is 9.63. The molecule has 0 amide bonds. The van der Waals surface area contributed by atoms with Crippen molar-refractivity contribution in [1.29, 1.82) is 0 Å². The van der Waals surface area contributed by atoms with E-state index in [9.17, 15) is 9.59 Å². The van der Waals surface area contributed by atoms with Gasteiger partial charge in [-0.1, -0.05) is 41.7 Å². The van der Waals surface area contributed by atoms with E-state index in [1.54, 1.807) is 13.8 Å². The number of benzene rings is 1. The van der Waals surface area contributed by atoms with Crippen LogP contribution in [-0.2, 0) is 11.3 Å². The summed E-state index contributed by atoms with van der Waals surface area (Å²) in [7, 11) is 0. The molecule has 1 aromatic carbocycles. The van der Waals surface area contributed by atoms with E-state index < -0.39 is 5.97 Å². The number of aromatic nitrogens is 1. The molecule has 2 rings (SSSR count). The first-order valence-electron chi connectivity index (χ1n) is 6.31. The highest BCUT2D eigenvalue weighted by molar-refractivity contribution is 7.11. The molecule has 0 saturated carbocycles. The summed E-state index contributed by atoms with van der Waals surface area (Å²) >= 11 is 0.895. The van der Waals surface area contributed by atoms with Crippen molar-refractivity contribution in [3.05, 3.63) is 56.1 Å². The van der Waals surface area contributed by atoms with E-state index in [1.807, 2.05) is 30.3 Å². The van der Waals surface area contributed by atoms with Crippen LogP contribution in [0.1, 0.15) is 27.9 Å². The smallest absolute Gasteiger partial charge is 0.350 e. The van der Waals surface area contributed by atoms with Crippen molar-refractivity contribution in [3.63, 3.8) is 0 Å². The molecule has 0 atom stereocenters. The van der Waals surface area contributed by atoms with Crippen LogP contribution in [0.3, 0.4) is 0 Å². The third-order valence-electron chi connectivity index (χ3n) is 2.78. The molecule has 0 radical (unpaired) electrons.